The number of aromatic nitrogens is 2. The molecule has 0 amide bonds. The van der Waals surface area contributed by atoms with E-state index < -0.39 is 0 Å². The average Bonchev–Trinajstić information content (AvgIpc) is 2.86. The van der Waals surface area contributed by atoms with Crippen LogP contribution in [0, 0.1) is 0 Å². The van der Waals surface area contributed by atoms with Gasteiger partial charge >= 0.3 is 0 Å². The van der Waals surface area contributed by atoms with Crippen LogP contribution in [0.5, 0.6) is 0 Å². The van der Waals surface area contributed by atoms with Crippen molar-refractivity contribution in [3.8, 4) is 0 Å². The van der Waals surface area contributed by atoms with Gasteiger partial charge in [0.15, 0.2) is 5.82 Å². The molecule has 0 saturated heterocycles. The first-order valence-electron chi connectivity index (χ1n) is 6.79. The van der Waals surface area contributed by atoms with E-state index >= 15 is 0 Å². The summed E-state index contributed by atoms with van der Waals surface area (Å²) in [7, 11) is 2.13. The lowest BCUT2D eigenvalue weighted by atomic mass is 10.1. The van der Waals surface area contributed by atoms with E-state index in [2.05, 4.69) is 51.3 Å². The minimum Gasteiger partial charge on any atom is -0.373 e. The van der Waals surface area contributed by atoms with Crippen LogP contribution in [0.1, 0.15) is 17.3 Å². The maximum absolute atomic E-state index is 5.49. The summed E-state index contributed by atoms with van der Waals surface area (Å²) < 4.78 is 5.05. The molecule has 2 aromatic rings. The van der Waals surface area contributed by atoms with Gasteiger partial charge in [-0.2, -0.15) is 4.98 Å². The Morgan fingerprint density at radius 3 is 2.95 bits per heavy atom. The Hall–Kier alpha value is -1.92. The fourth-order valence-electron chi connectivity index (χ4n) is 2.52. The molecule has 0 bridgehead atoms. The van der Waals surface area contributed by atoms with Gasteiger partial charge < -0.3 is 15.2 Å². The minimum atomic E-state index is 0.290. The molecule has 0 spiro atoms. The number of fused-ring (bicyclic) bond motifs is 1. The third kappa shape index (κ3) is 2.66. The first kappa shape index (κ1) is 13.1. The molecular formula is C14H19N5O. The average molecular weight is 273 g/mol. The van der Waals surface area contributed by atoms with Crippen molar-refractivity contribution in [1.29, 1.82) is 0 Å². The van der Waals surface area contributed by atoms with Gasteiger partial charge in [0, 0.05) is 32.4 Å². The van der Waals surface area contributed by atoms with Crippen molar-refractivity contribution in [2.24, 2.45) is 5.73 Å². The number of nitrogens with two attached hydrogens (primary N) is 1. The Kier molecular flexibility index (Phi) is 3.66. The third-order valence-electron chi connectivity index (χ3n) is 3.60. The van der Waals surface area contributed by atoms with Crippen molar-refractivity contribution in [3.63, 3.8) is 0 Å². The quantitative estimate of drug-likeness (QED) is 0.899. The molecule has 20 heavy (non-hydrogen) atoms. The van der Waals surface area contributed by atoms with E-state index in [1.165, 1.54) is 11.3 Å². The summed E-state index contributed by atoms with van der Waals surface area (Å²) in [5.74, 6) is 1.19. The molecule has 6 nitrogen and oxygen atoms in total. The van der Waals surface area contributed by atoms with Crippen molar-refractivity contribution in [2.75, 3.05) is 25.0 Å². The van der Waals surface area contributed by atoms with E-state index in [1.54, 1.807) is 0 Å². The van der Waals surface area contributed by atoms with Crippen LogP contribution in [0.4, 0.5) is 5.69 Å². The van der Waals surface area contributed by atoms with Gasteiger partial charge in [-0.15, -0.1) is 0 Å². The van der Waals surface area contributed by atoms with Crippen molar-refractivity contribution in [1.82, 2.24) is 15.0 Å². The molecule has 0 aliphatic carbocycles. The number of hydrogen-bond donors (Lipinski definition) is 1. The zero-order valence-corrected chi connectivity index (χ0v) is 11.6. The highest BCUT2D eigenvalue weighted by Crippen LogP contribution is 2.24. The lowest BCUT2D eigenvalue weighted by Gasteiger charge is -2.19. The number of benzene rings is 1. The van der Waals surface area contributed by atoms with Gasteiger partial charge in [0.25, 0.3) is 0 Å². The van der Waals surface area contributed by atoms with E-state index in [0.717, 1.165) is 19.6 Å². The number of rotatable bonds is 3. The second-order valence-electron chi connectivity index (χ2n) is 5.07. The molecular weight excluding hydrogens is 254 g/mol. The number of anilines is 1. The molecule has 0 unspecified atom stereocenters. The summed E-state index contributed by atoms with van der Waals surface area (Å²) in [6.07, 6.45) is 0. The van der Waals surface area contributed by atoms with Gasteiger partial charge in [-0.1, -0.05) is 23.4 Å². The number of para-hydroxylation sites is 1. The van der Waals surface area contributed by atoms with Crippen LogP contribution in [0.25, 0.3) is 0 Å². The Morgan fingerprint density at radius 2 is 2.15 bits per heavy atom. The number of nitrogens with zero attached hydrogens (tertiary/aromatic N) is 4. The van der Waals surface area contributed by atoms with Crippen molar-refractivity contribution < 1.29 is 4.52 Å². The topological polar surface area (TPSA) is 71.4 Å². The van der Waals surface area contributed by atoms with Gasteiger partial charge in [-0.05, 0) is 11.6 Å². The second kappa shape index (κ2) is 5.60. The fraction of sp³-hybridized carbons (Fsp3) is 0.429. The van der Waals surface area contributed by atoms with Crippen LogP contribution >= 0.6 is 0 Å². The third-order valence-corrected chi connectivity index (χ3v) is 3.60. The molecule has 6 heteroatoms. The highest BCUT2D eigenvalue weighted by atomic mass is 16.5. The monoisotopic (exact) mass is 273 g/mol. The minimum absolute atomic E-state index is 0.290. The molecule has 1 aliphatic rings. The van der Waals surface area contributed by atoms with E-state index in [0.29, 0.717) is 24.8 Å². The summed E-state index contributed by atoms with van der Waals surface area (Å²) in [6, 6.07) is 8.50. The zero-order chi connectivity index (χ0) is 13.9. The fourth-order valence-corrected chi connectivity index (χ4v) is 2.52. The Morgan fingerprint density at radius 1 is 1.30 bits per heavy atom. The molecule has 0 saturated carbocycles. The normalized spacial score (nSPS) is 16.0. The molecule has 0 radical (unpaired) electrons. The molecule has 0 atom stereocenters. The first-order chi connectivity index (χ1) is 9.76. The van der Waals surface area contributed by atoms with Crippen molar-refractivity contribution in [2.45, 2.75) is 19.6 Å². The number of likely N-dealkylation sites (N-methyl/N-ethyl adjacent to an activating group) is 1. The smallest absolute Gasteiger partial charge is 0.240 e. The highest BCUT2D eigenvalue weighted by Gasteiger charge is 2.18. The molecule has 2 heterocycles. The largest absolute Gasteiger partial charge is 0.373 e. The maximum atomic E-state index is 5.49. The van der Waals surface area contributed by atoms with E-state index in [4.69, 9.17) is 10.3 Å². The predicted octanol–water partition coefficient (Wildman–Crippen LogP) is 0.980. The van der Waals surface area contributed by atoms with Gasteiger partial charge in [0.2, 0.25) is 5.89 Å². The summed E-state index contributed by atoms with van der Waals surface area (Å²) >= 11 is 0. The van der Waals surface area contributed by atoms with Crippen LogP contribution in [-0.2, 0) is 19.6 Å². The molecule has 1 aromatic carbocycles. The van der Waals surface area contributed by atoms with Crippen LogP contribution in [0.15, 0.2) is 28.8 Å². The van der Waals surface area contributed by atoms with Crippen LogP contribution < -0.4 is 10.6 Å². The summed E-state index contributed by atoms with van der Waals surface area (Å²) in [4.78, 5) is 8.89. The van der Waals surface area contributed by atoms with E-state index in [-0.39, 0.29) is 0 Å². The molecule has 106 valence electrons. The SMILES string of the molecule is CN1CCN(Cc2noc(CN)n2)Cc2ccccc21. The second-order valence-corrected chi connectivity index (χ2v) is 5.07. The number of hydrogen-bond acceptors (Lipinski definition) is 6. The van der Waals surface area contributed by atoms with Crippen molar-refractivity contribution in [3.05, 3.63) is 41.5 Å². The summed E-state index contributed by atoms with van der Waals surface area (Å²) in [6.45, 7) is 3.83. The molecule has 1 aromatic heterocycles. The van der Waals surface area contributed by atoms with Gasteiger partial charge in [-0.25, -0.2) is 0 Å². The van der Waals surface area contributed by atoms with Crippen molar-refractivity contribution >= 4 is 5.69 Å². The summed E-state index contributed by atoms with van der Waals surface area (Å²) in [5, 5.41) is 3.97. The summed E-state index contributed by atoms with van der Waals surface area (Å²) in [5.41, 5.74) is 8.11. The maximum Gasteiger partial charge on any atom is 0.240 e. The van der Waals surface area contributed by atoms with Crippen LogP contribution in [0.2, 0.25) is 0 Å². The molecule has 0 fully saturated rings. The zero-order valence-electron chi connectivity index (χ0n) is 11.6. The predicted molar refractivity (Wildman–Crippen MR) is 76.0 cm³/mol. The van der Waals surface area contributed by atoms with E-state index in [9.17, 15) is 0 Å². The molecule has 1 aliphatic heterocycles. The van der Waals surface area contributed by atoms with Gasteiger partial charge in [-0.3, -0.25) is 4.90 Å². The Bertz CT molecular complexity index is 582. The van der Waals surface area contributed by atoms with Gasteiger partial charge in [0.1, 0.15) is 0 Å². The van der Waals surface area contributed by atoms with Gasteiger partial charge in [0.05, 0.1) is 13.1 Å². The highest BCUT2D eigenvalue weighted by molar-refractivity contribution is 5.53. The Balaban J connectivity index is 1.76. The Labute approximate surface area is 118 Å². The lowest BCUT2D eigenvalue weighted by Crippen LogP contribution is -2.29. The van der Waals surface area contributed by atoms with E-state index in [1.807, 2.05) is 0 Å². The molecule has 3 rings (SSSR count). The molecule has 2 N–H and O–H groups in total. The van der Waals surface area contributed by atoms with Crippen LogP contribution in [-0.4, -0.2) is 35.2 Å². The standard InChI is InChI=1S/C14H19N5O/c1-18-6-7-19(9-11-4-2-3-5-12(11)18)10-13-16-14(8-15)20-17-13/h2-5H,6-10,15H2,1H3. The lowest BCUT2D eigenvalue weighted by molar-refractivity contribution is 0.257. The van der Waals surface area contributed by atoms with Crippen LogP contribution in [0.3, 0.4) is 0 Å². The first-order valence-corrected chi connectivity index (χ1v) is 6.79.